The number of hydrogen-bond donors (Lipinski definition) is 2. The molecule has 3 amide bonds. The average Bonchev–Trinajstić information content (AvgIpc) is 3.26. The van der Waals surface area contributed by atoms with Crippen LogP contribution in [0.25, 0.3) is 0 Å². The largest absolute Gasteiger partial charge is 0.330 e. The Labute approximate surface area is 247 Å². The fraction of sp³-hybridized carbons (Fsp3) is 0.207. The van der Waals surface area contributed by atoms with Crippen LogP contribution in [0.15, 0.2) is 73.1 Å². The summed E-state index contributed by atoms with van der Waals surface area (Å²) in [6, 6.07) is 12.6. The second kappa shape index (κ2) is 12.4. The Morgan fingerprint density at radius 1 is 1.19 bits per heavy atom. The first-order valence-corrected chi connectivity index (χ1v) is 13.4. The van der Waals surface area contributed by atoms with Gasteiger partial charge in [-0.1, -0.05) is 35.9 Å². The minimum Gasteiger partial charge on any atom is -0.322 e. The summed E-state index contributed by atoms with van der Waals surface area (Å²) >= 11 is 6.21. The molecule has 42 heavy (non-hydrogen) atoms. The number of carbonyl (C=O) groups excluding carboxylic acids is 2. The summed E-state index contributed by atoms with van der Waals surface area (Å²) in [7, 11) is 5.56. The van der Waals surface area contributed by atoms with Crippen LogP contribution in [0.2, 0.25) is 5.15 Å². The van der Waals surface area contributed by atoms with Gasteiger partial charge in [0.15, 0.2) is 11.0 Å². The first-order chi connectivity index (χ1) is 20.2. The van der Waals surface area contributed by atoms with Gasteiger partial charge >= 0.3 is 6.03 Å². The quantitative estimate of drug-likeness (QED) is 0.262. The van der Waals surface area contributed by atoms with E-state index in [2.05, 4.69) is 25.7 Å². The lowest BCUT2D eigenvalue weighted by Gasteiger charge is -2.36. The molecule has 1 aliphatic rings. The van der Waals surface area contributed by atoms with Crippen molar-refractivity contribution in [3.63, 3.8) is 0 Å². The molecule has 11 nitrogen and oxygen atoms in total. The number of carbonyl (C=O) groups is 2. The van der Waals surface area contributed by atoms with Crippen molar-refractivity contribution in [1.82, 2.24) is 29.5 Å². The van der Waals surface area contributed by atoms with Crippen molar-refractivity contribution in [3.05, 3.63) is 95.2 Å². The lowest BCUT2D eigenvalue weighted by atomic mass is 10.1. The molecular formula is C29H29ClFN9O2. The number of fused-ring (bicyclic) bond motifs is 1. The second-order valence-electron chi connectivity index (χ2n) is 9.98. The Bertz CT molecular complexity index is 1640. The summed E-state index contributed by atoms with van der Waals surface area (Å²) in [4.78, 5) is 40.6. The number of nitrogens with one attached hydrogen (secondary N) is 2. The number of aryl methyl sites for hydroxylation is 1. The highest BCUT2D eigenvalue weighted by Crippen LogP contribution is 2.36. The van der Waals surface area contributed by atoms with Gasteiger partial charge in [0.2, 0.25) is 11.9 Å². The second-order valence-corrected chi connectivity index (χ2v) is 10.3. The van der Waals surface area contributed by atoms with E-state index in [0.717, 1.165) is 5.56 Å². The molecule has 2 N–H and O–H groups in total. The zero-order valence-electron chi connectivity index (χ0n) is 23.3. The van der Waals surface area contributed by atoms with E-state index in [9.17, 15) is 14.0 Å². The molecule has 13 heteroatoms. The number of anilines is 5. The van der Waals surface area contributed by atoms with Crippen LogP contribution in [0.4, 0.5) is 38.0 Å². The predicted octanol–water partition coefficient (Wildman–Crippen LogP) is 5.08. The molecule has 0 saturated carbocycles. The van der Waals surface area contributed by atoms with Crippen LogP contribution in [0.3, 0.4) is 0 Å². The molecule has 2 aromatic heterocycles. The number of aromatic nitrogens is 4. The number of rotatable bonds is 9. The van der Waals surface area contributed by atoms with E-state index in [1.54, 1.807) is 71.5 Å². The Morgan fingerprint density at radius 2 is 1.98 bits per heavy atom. The molecule has 5 rings (SSSR count). The maximum Gasteiger partial charge on any atom is 0.330 e. The van der Waals surface area contributed by atoms with E-state index < -0.39 is 0 Å². The molecule has 4 aromatic rings. The van der Waals surface area contributed by atoms with Crippen molar-refractivity contribution in [2.45, 2.75) is 13.1 Å². The highest BCUT2D eigenvalue weighted by atomic mass is 35.5. The van der Waals surface area contributed by atoms with Gasteiger partial charge in [0.1, 0.15) is 5.82 Å². The van der Waals surface area contributed by atoms with Crippen LogP contribution in [0, 0.1) is 5.82 Å². The molecule has 0 bridgehead atoms. The Morgan fingerprint density at radius 3 is 2.69 bits per heavy atom. The van der Waals surface area contributed by atoms with E-state index in [0.29, 0.717) is 35.0 Å². The first kappa shape index (κ1) is 28.7. The van der Waals surface area contributed by atoms with Gasteiger partial charge in [0, 0.05) is 49.9 Å². The van der Waals surface area contributed by atoms with Crippen LogP contribution in [-0.4, -0.2) is 62.1 Å². The molecule has 0 unspecified atom stereocenters. The summed E-state index contributed by atoms with van der Waals surface area (Å²) in [5.41, 5.74) is 2.97. The van der Waals surface area contributed by atoms with Crippen molar-refractivity contribution in [1.29, 1.82) is 0 Å². The molecule has 0 fully saturated rings. The Balaban J connectivity index is 1.48. The van der Waals surface area contributed by atoms with Gasteiger partial charge < -0.3 is 20.4 Å². The van der Waals surface area contributed by atoms with E-state index in [-0.39, 0.29) is 41.9 Å². The van der Waals surface area contributed by atoms with Crippen LogP contribution in [0.5, 0.6) is 0 Å². The SMILES string of the molecule is CN(C)C/C=C/C(=O)Nc1cccc(N2C(=O)N(Cc3ccc(F)cc3)Cc3cnc(Nc4cn(C)nc4Cl)nc32)c1. The normalized spacial score (nSPS) is 13.1. The van der Waals surface area contributed by atoms with Crippen LogP contribution in [0.1, 0.15) is 11.1 Å². The van der Waals surface area contributed by atoms with E-state index in [1.165, 1.54) is 23.1 Å². The van der Waals surface area contributed by atoms with Gasteiger partial charge in [0.05, 0.1) is 17.9 Å². The zero-order chi connectivity index (χ0) is 29.8. The molecule has 0 spiro atoms. The molecule has 3 heterocycles. The zero-order valence-corrected chi connectivity index (χ0v) is 24.0. The lowest BCUT2D eigenvalue weighted by molar-refractivity contribution is -0.111. The number of amides is 3. The maximum atomic E-state index is 14.0. The van der Waals surface area contributed by atoms with Crippen molar-refractivity contribution in [3.8, 4) is 0 Å². The van der Waals surface area contributed by atoms with Crippen molar-refractivity contribution < 1.29 is 14.0 Å². The Hall–Kier alpha value is -4.81. The predicted molar refractivity (Wildman–Crippen MR) is 159 cm³/mol. The van der Waals surface area contributed by atoms with Gasteiger partial charge in [-0.25, -0.2) is 19.1 Å². The van der Waals surface area contributed by atoms with E-state index in [1.807, 2.05) is 19.0 Å². The molecule has 0 aliphatic carbocycles. The number of hydrogen-bond acceptors (Lipinski definition) is 7. The summed E-state index contributed by atoms with van der Waals surface area (Å²) in [5.74, 6) is -0.0427. The topological polar surface area (TPSA) is 112 Å². The molecule has 216 valence electrons. The number of benzene rings is 2. The molecule has 1 aliphatic heterocycles. The standard InChI is InChI=1S/C29H29ClFN9O2/c1-37(2)13-5-8-25(41)33-22-6-4-7-23(14-22)40-27-20(15-32-28(35-27)34-24-18-38(3)36-26(24)30)17-39(29(40)42)16-19-9-11-21(31)12-10-19/h4-12,14-15,18H,13,16-17H2,1-3H3,(H,33,41)(H,32,34,35)/b8-5+. The number of nitrogens with zero attached hydrogens (tertiary/aromatic N) is 7. The highest BCUT2D eigenvalue weighted by Gasteiger charge is 2.34. The van der Waals surface area contributed by atoms with Crippen molar-refractivity contribution >= 4 is 52.4 Å². The van der Waals surface area contributed by atoms with Gasteiger partial charge in [-0.05, 0) is 50.0 Å². The fourth-order valence-corrected chi connectivity index (χ4v) is 4.59. The molecule has 0 radical (unpaired) electrons. The van der Waals surface area contributed by atoms with Gasteiger partial charge in [-0.2, -0.15) is 10.1 Å². The third kappa shape index (κ3) is 6.73. The number of urea groups is 1. The van der Waals surface area contributed by atoms with Crippen LogP contribution in [-0.2, 0) is 24.9 Å². The summed E-state index contributed by atoms with van der Waals surface area (Å²) in [6.45, 7) is 1.10. The lowest BCUT2D eigenvalue weighted by Crippen LogP contribution is -2.45. The third-order valence-corrected chi connectivity index (χ3v) is 6.58. The first-order valence-electron chi connectivity index (χ1n) is 13.0. The monoisotopic (exact) mass is 589 g/mol. The van der Waals surface area contributed by atoms with Gasteiger partial charge in [-0.3, -0.25) is 9.48 Å². The molecule has 0 atom stereocenters. The maximum absolute atomic E-state index is 14.0. The summed E-state index contributed by atoms with van der Waals surface area (Å²) < 4.78 is 15.1. The van der Waals surface area contributed by atoms with Crippen molar-refractivity contribution in [2.75, 3.05) is 36.2 Å². The molecular weight excluding hydrogens is 561 g/mol. The minimum atomic E-state index is -0.353. The van der Waals surface area contributed by atoms with Crippen LogP contribution >= 0.6 is 11.6 Å². The summed E-state index contributed by atoms with van der Waals surface area (Å²) in [6.07, 6.45) is 6.56. The fourth-order valence-electron chi connectivity index (χ4n) is 4.38. The van der Waals surface area contributed by atoms with Crippen molar-refractivity contribution in [2.24, 2.45) is 7.05 Å². The summed E-state index contributed by atoms with van der Waals surface area (Å²) in [5, 5.41) is 10.3. The average molecular weight is 590 g/mol. The highest BCUT2D eigenvalue weighted by molar-refractivity contribution is 6.32. The van der Waals surface area contributed by atoms with Gasteiger partial charge in [0.25, 0.3) is 0 Å². The van der Waals surface area contributed by atoms with E-state index >= 15 is 0 Å². The number of likely N-dealkylation sites (N-methyl/N-ethyl adjacent to an activating group) is 1. The van der Waals surface area contributed by atoms with Gasteiger partial charge in [-0.15, -0.1) is 0 Å². The minimum absolute atomic E-state index is 0.226. The Kier molecular flexibility index (Phi) is 8.46. The third-order valence-electron chi connectivity index (χ3n) is 6.31. The van der Waals surface area contributed by atoms with Crippen LogP contribution < -0.4 is 15.5 Å². The van der Waals surface area contributed by atoms with E-state index in [4.69, 9.17) is 11.6 Å². The number of halogens is 2. The smallest absolute Gasteiger partial charge is 0.322 e. The molecule has 0 saturated heterocycles. The molecule has 2 aromatic carbocycles.